The van der Waals surface area contributed by atoms with E-state index in [9.17, 15) is 9.59 Å². The van der Waals surface area contributed by atoms with Gasteiger partial charge in [0.25, 0.3) is 0 Å². The van der Waals surface area contributed by atoms with Crippen molar-refractivity contribution >= 4 is 12.2 Å². The van der Waals surface area contributed by atoms with Gasteiger partial charge in [-0.05, 0) is 73.8 Å². The van der Waals surface area contributed by atoms with Crippen LogP contribution >= 0.6 is 0 Å². The topological polar surface area (TPSA) is 88.7 Å². The summed E-state index contributed by atoms with van der Waals surface area (Å²) in [5.41, 5.74) is -1.02. The van der Waals surface area contributed by atoms with Crippen LogP contribution in [-0.4, -0.2) is 49.1 Å². The molecule has 0 aliphatic rings. The molecule has 0 unspecified atom stereocenters. The lowest BCUT2D eigenvalue weighted by molar-refractivity contribution is 0.0499. The Morgan fingerprint density at radius 2 is 1.03 bits per heavy atom. The van der Waals surface area contributed by atoms with Crippen molar-refractivity contribution in [3.05, 3.63) is 0 Å². The highest BCUT2D eigenvalue weighted by molar-refractivity contribution is 5.68. The maximum Gasteiger partial charge on any atom is 0.407 e. The van der Waals surface area contributed by atoms with Crippen molar-refractivity contribution in [2.45, 2.75) is 175 Å². The minimum absolute atomic E-state index is 0.00646. The van der Waals surface area contributed by atoms with Crippen LogP contribution in [0.1, 0.15) is 158 Å². The fraction of sp³-hybridized carbons (Fsp3) is 0.938. The van der Waals surface area contributed by atoms with Crippen molar-refractivity contribution in [1.29, 1.82) is 0 Å². The standard InChI is InChI=1S/C32H65N3O4/c1-8-9-10-11-12-13-14-15-16-17-18-19-20-22-25-33-27-28(35-30(37)39-32(5,6)7)24-21-23-26-34-29(36)38-31(2,3)4/h28,33H,8-27H2,1-7H3,(H,34,36)(H,35,37)/t28-/m0/s1. The monoisotopic (exact) mass is 555 g/mol. The molecule has 0 aliphatic carbocycles. The maximum absolute atomic E-state index is 12.3. The highest BCUT2D eigenvalue weighted by atomic mass is 16.6. The van der Waals surface area contributed by atoms with Gasteiger partial charge in [-0.1, -0.05) is 90.4 Å². The highest BCUT2D eigenvalue weighted by Gasteiger charge is 2.19. The SMILES string of the molecule is CCCCCCCCCCCCCCCCNC[C@H](CCCCNC(=O)OC(C)(C)C)NC(=O)OC(C)(C)C. The number of hydrogen-bond acceptors (Lipinski definition) is 5. The van der Waals surface area contributed by atoms with Gasteiger partial charge in [0, 0.05) is 19.1 Å². The lowest BCUT2D eigenvalue weighted by atomic mass is 10.0. The number of carbonyl (C=O) groups is 2. The molecule has 232 valence electrons. The number of alkyl carbamates (subject to hydrolysis) is 2. The van der Waals surface area contributed by atoms with Gasteiger partial charge >= 0.3 is 12.2 Å². The van der Waals surface area contributed by atoms with Crippen LogP contribution in [-0.2, 0) is 9.47 Å². The summed E-state index contributed by atoms with van der Waals surface area (Å²) in [6.45, 7) is 15.7. The molecule has 0 rings (SSSR count). The normalized spacial score (nSPS) is 12.7. The molecule has 0 saturated heterocycles. The Hall–Kier alpha value is -1.50. The Morgan fingerprint density at radius 3 is 1.51 bits per heavy atom. The molecule has 0 heterocycles. The Kier molecular flexibility index (Phi) is 22.3. The molecule has 0 bridgehead atoms. The van der Waals surface area contributed by atoms with Crippen LogP contribution in [0.4, 0.5) is 9.59 Å². The van der Waals surface area contributed by atoms with Crippen molar-refractivity contribution < 1.29 is 19.1 Å². The van der Waals surface area contributed by atoms with Crippen molar-refractivity contribution in [3.63, 3.8) is 0 Å². The number of amides is 2. The van der Waals surface area contributed by atoms with Crippen LogP contribution < -0.4 is 16.0 Å². The summed E-state index contributed by atoms with van der Waals surface area (Å²) in [7, 11) is 0. The van der Waals surface area contributed by atoms with E-state index < -0.39 is 11.2 Å². The van der Waals surface area contributed by atoms with Gasteiger partial charge in [0.1, 0.15) is 11.2 Å². The number of hydrogen-bond donors (Lipinski definition) is 3. The molecule has 0 radical (unpaired) electrons. The van der Waals surface area contributed by atoms with E-state index in [0.29, 0.717) is 6.54 Å². The fourth-order valence-electron chi connectivity index (χ4n) is 4.44. The number of unbranched alkanes of at least 4 members (excludes halogenated alkanes) is 14. The Labute approximate surface area is 241 Å². The van der Waals surface area contributed by atoms with Gasteiger partial charge in [-0.25, -0.2) is 9.59 Å². The molecule has 0 aromatic rings. The van der Waals surface area contributed by atoms with Crippen LogP contribution in [0.3, 0.4) is 0 Å². The van der Waals surface area contributed by atoms with Crippen LogP contribution in [0.5, 0.6) is 0 Å². The number of nitrogens with one attached hydrogen (secondary N) is 3. The number of rotatable bonds is 23. The molecule has 2 amide bonds. The summed E-state index contributed by atoms with van der Waals surface area (Å²) in [5.74, 6) is 0. The molecule has 39 heavy (non-hydrogen) atoms. The van der Waals surface area contributed by atoms with Crippen molar-refractivity contribution in [2.24, 2.45) is 0 Å². The van der Waals surface area contributed by atoms with E-state index in [0.717, 1.165) is 38.8 Å². The molecular formula is C32H65N3O4. The molecule has 0 fully saturated rings. The summed E-state index contributed by atoms with van der Waals surface area (Å²) in [6, 6.07) is -0.00646. The molecular weight excluding hydrogens is 490 g/mol. The summed E-state index contributed by atoms with van der Waals surface area (Å²) in [4.78, 5) is 24.1. The number of carbonyl (C=O) groups excluding carboxylic acids is 2. The van der Waals surface area contributed by atoms with Gasteiger partial charge in [-0.15, -0.1) is 0 Å². The summed E-state index contributed by atoms with van der Waals surface area (Å²) in [6.07, 6.45) is 20.8. The minimum Gasteiger partial charge on any atom is -0.444 e. The van der Waals surface area contributed by atoms with Crippen LogP contribution in [0.25, 0.3) is 0 Å². The van der Waals surface area contributed by atoms with Gasteiger partial charge in [0.05, 0.1) is 0 Å². The lowest BCUT2D eigenvalue weighted by Gasteiger charge is -2.24. The van der Waals surface area contributed by atoms with Crippen LogP contribution in [0.15, 0.2) is 0 Å². The second kappa shape index (κ2) is 23.2. The molecule has 0 aromatic heterocycles. The van der Waals surface area contributed by atoms with Gasteiger partial charge in [0.2, 0.25) is 0 Å². The van der Waals surface area contributed by atoms with E-state index in [1.165, 1.54) is 83.5 Å². The third kappa shape index (κ3) is 29.3. The second-order valence-corrected chi connectivity index (χ2v) is 13.1. The van der Waals surface area contributed by atoms with Crippen LogP contribution in [0, 0.1) is 0 Å². The van der Waals surface area contributed by atoms with Crippen molar-refractivity contribution in [3.8, 4) is 0 Å². The maximum atomic E-state index is 12.3. The first kappa shape index (κ1) is 37.5. The molecule has 0 saturated carbocycles. The summed E-state index contributed by atoms with van der Waals surface area (Å²) in [5, 5.41) is 9.34. The zero-order valence-electron chi connectivity index (χ0n) is 26.9. The minimum atomic E-state index is -0.520. The number of ether oxygens (including phenoxy) is 2. The average Bonchev–Trinajstić information content (AvgIpc) is 2.81. The largest absolute Gasteiger partial charge is 0.444 e. The average molecular weight is 556 g/mol. The summed E-state index contributed by atoms with van der Waals surface area (Å²) < 4.78 is 10.7. The Balaban J connectivity index is 3.99. The first-order chi connectivity index (χ1) is 18.4. The smallest absolute Gasteiger partial charge is 0.407 e. The van der Waals surface area contributed by atoms with E-state index in [4.69, 9.17) is 9.47 Å². The first-order valence-electron chi connectivity index (χ1n) is 16.1. The molecule has 7 heteroatoms. The quantitative estimate of drug-likeness (QED) is 0.110. The van der Waals surface area contributed by atoms with Crippen molar-refractivity contribution in [1.82, 2.24) is 16.0 Å². The summed E-state index contributed by atoms with van der Waals surface area (Å²) >= 11 is 0. The molecule has 0 aromatic carbocycles. The van der Waals surface area contributed by atoms with E-state index in [-0.39, 0.29) is 18.2 Å². The Bertz CT molecular complexity index is 599. The molecule has 0 spiro atoms. The third-order valence-corrected chi connectivity index (χ3v) is 6.47. The lowest BCUT2D eigenvalue weighted by Crippen LogP contribution is -2.44. The van der Waals surface area contributed by atoms with Crippen LogP contribution in [0.2, 0.25) is 0 Å². The van der Waals surface area contributed by atoms with E-state index >= 15 is 0 Å². The predicted octanol–water partition coefficient (Wildman–Crippen LogP) is 8.65. The zero-order chi connectivity index (χ0) is 29.4. The molecule has 1 atom stereocenters. The van der Waals surface area contributed by atoms with E-state index in [1.807, 2.05) is 41.5 Å². The second-order valence-electron chi connectivity index (χ2n) is 13.1. The van der Waals surface area contributed by atoms with Crippen molar-refractivity contribution in [2.75, 3.05) is 19.6 Å². The molecule has 0 aliphatic heterocycles. The zero-order valence-corrected chi connectivity index (χ0v) is 26.9. The molecule has 7 nitrogen and oxygen atoms in total. The van der Waals surface area contributed by atoms with Gasteiger partial charge in [-0.2, -0.15) is 0 Å². The van der Waals surface area contributed by atoms with E-state index in [1.54, 1.807) is 0 Å². The molecule has 3 N–H and O–H groups in total. The highest BCUT2D eigenvalue weighted by Crippen LogP contribution is 2.13. The van der Waals surface area contributed by atoms with Gasteiger partial charge in [-0.3, -0.25) is 0 Å². The predicted molar refractivity (Wildman–Crippen MR) is 164 cm³/mol. The first-order valence-corrected chi connectivity index (χ1v) is 16.1. The Morgan fingerprint density at radius 1 is 0.590 bits per heavy atom. The third-order valence-electron chi connectivity index (χ3n) is 6.47. The fourth-order valence-corrected chi connectivity index (χ4v) is 4.44. The van der Waals surface area contributed by atoms with Gasteiger partial charge < -0.3 is 25.4 Å². The van der Waals surface area contributed by atoms with Gasteiger partial charge in [0.15, 0.2) is 0 Å². The van der Waals surface area contributed by atoms with E-state index in [2.05, 4.69) is 22.9 Å².